The monoisotopic (exact) mass is 153 g/mol. The van der Waals surface area contributed by atoms with Crippen molar-refractivity contribution >= 4 is 17.8 Å². The Bertz CT molecular complexity index is 289. The van der Waals surface area contributed by atoms with E-state index >= 15 is 0 Å². The van der Waals surface area contributed by atoms with Crippen LogP contribution in [-0.4, -0.2) is 21.3 Å². The number of nitrogen functional groups attached to an aromatic ring is 1. The zero-order valence-corrected chi connectivity index (χ0v) is 5.61. The highest BCUT2D eigenvalue weighted by molar-refractivity contribution is 5.90. The van der Waals surface area contributed by atoms with Gasteiger partial charge in [-0.2, -0.15) is 10.3 Å². The van der Waals surface area contributed by atoms with Gasteiger partial charge in [0, 0.05) is 6.08 Å². The van der Waals surface area contributed by atoms with E-state index in [0.29, 0.717) is 5.69 Å². The summed E-state index contributed by atoms with van der Waals surface area (Å²) >= 11 is 0. The first-order valence-corrected chi connectivity index (χ1v) is 2.84. The van der Waals surface area contributed by atoms with E-state index in [1.807, 2.05) is 0 Å². The van der Waals surface area contributed by atoms with Gasteiger partial charge in [-0.15, -0.1) is 5.10 Å². The SMILES string of the molecule is NC(=O)C=Cc1n[nH]nc1N. The smallest absolute Gasteiger partial charge is 0.241 e. The molecule has 6 nitrogen and oxygen atoms in total. The van der Waals surface area contributed by atoms with Gasteiger partial charge in [0.2, 0.25) is 5.91 Å². The molecule has 0 bridgehead atoms. The van der Waals surface area contributed by atoms with Gasteiger partial charge in [0.1, 0.15) is 5.69 Å². The summed E-state index contributed by atoms with van der Waals surface area (Å²) < 4.78 is 0. The maximum Gasteiger partial charge on any atom is 0.241 e. The Hall–Kier alpha value is -1.85. The van der Waals surface area contributed by atoms with Crippen LogP contribution in [0.5, 0.6) is 0 Å². The fourth-order valence-corrected chi connectivity index (χ4v) is 0.531. The van der Waals surface area contributed by atoms with Gasteiger partial charge in [0.25, 0.3) is 0 Å². The third-order valence-electron chi connectivity index (χ3n) is 1.01. The highest BCUT2D eigenvalue weighted by atomic mass is 16.1. The Balaban J connectivity index is 2.79. The van der Waals surface area contributed by atoms with Crippen LogP contribution in [0.25, 0.3) is 6.08 Å². The van der Waals surface area contributed by atoms with Crippen molar-refractivity contribution in [2.24, 2.45) is 5.73 Å². The molecular weight excluding hydrogens is 146 g/mol. The topological polar surface area (TPSA) is 111 Å². The average molecular weight is 153 g/mol. The number of aromatic amines is 1. The molecule has 58 valence electrons. The van der Waals surface area contributed by atoms with Crippen molar-refractivity contribution in [3.63, 3.8) is 0 Å². The number of anilines is 1. The van der Waals surface area contributed by atoms with Crippen LogP contribution in [0.1, 0.15) is 5.69 Å². The molecular formula is C5H7N5O. The lowest BCUT2D eigenvalue weighted by molar-refractivity contribution is -0.113. The van der Waals surface area contributed by atoms with Gasteiger partial charge in [-0.1, -0.05) is 0 Å². The molecule has 0 aliphatic rings. The van der Waals surface area contributed by atoms with Gasteiger partial charge in [-0.05, 0) is 6.08 Å². The van der Waals surface area contributed by atoms with Gasteiger partial charge in [0.15, 0.2) is 5.82 Å². The second-order valence-electron chi connectivity index (χ2n) is 1.83. The Labute approximate surface area is 62.3 Å². The number of carbonyl (C=O) groups excluding carboxylic acids is 1. The van der Waals surface area contributed by atoms with Crippen molar-refractivity contribution in [2.75, 3.05) is 5.73 Å². The summed E-state index contributed by atoms with van der Waals surface area (Å²) in [5.41, 5.74) is 10.6. The maximum absolute atomic E-state index is 10.2. The Morgan fingerprint density at radius 1 is 1.55 bits per heavy atom. The molecule has 11 heavy (non-hydrogen) atoms. The molecule has 0 radical (unpaired) electrons. The molecule has 0 saturated heterocycles. The van der Waals surface area contributed by atoms with E-state index in [-0.39, 0.29) is 5.82 Å². The molecule has 0 spiro atoms. The van der Waals surface area contributed by atoms with Crippen LogP contribution in [0.4, 0.5) is 5.82 Å². The predicted molar refractivity (Wildman–Crippen MR) is 39.0 cm³/mol. The van der Waals surface area contributed by atoms with Crippen LogP contribution in [-0.2, 0) is 4.79 Å². The molecule has 6 heteroatoms. The summed E-state index contributed by atoms with van der Waals surface area (Å²) in [7, 11) is 0. The quantitative estimate of drug-likeness (QED) is 0.467. The number of rotatable bonds is 2. The number of carbonyl (C=O) groups is 1. The summed E-state index contributed by atoms with van der Waals surface area (Å²) in [6.45, 7) is 0. The van der Waals surface area contributed by atoms with Crippen LogP contribution in [0.2, 0.25) is 0 Å². The molecule has 0 unspecified atom stereocenters. The second-order valence-corrected chi connectivity index (χ2v) is 1.83. The fourth-order valence-electron chi connectivity index (χ4n) is 0.531. The minimum Gasteiger partial charge on any atom is -0.380 e. The van der Waals surface area contributed by atoms with Crippen molar-refractivity contribution in [3.8, 4) is 0 Å². The lowest BCUT2D eigenvalue weighted by atomic mass is 10.4. The van der Waals surface area contributed by atoms with Crippen molar-refractivity contribution in [2.45, 2.75) is 0 Å². The molecule has 1 aromatic heterocycles. The fraction of sp³-hybridized carbons (Fsp3) is 0. The van der Waals surface area contributed by atoms with Crippen molar-refractivity contribution in [1.82, 2.24) is 15.4 Å². The van der Waals surface area contributed by atoms with Gasteiger partial charge in [-0.25, -0.2) is 0 Å². The van der Waals surface area contributed by atoms with E-state index in [0.717, 1.165) is 6.08 Å². The predicted octanol–water partition coefficient (Wildman–Crippen LogP) is -1.11. The molecule has 0 fully saturated rings. The first kappa shape index (κ1) is 7.26. The summed E-state index contributed by atoms with van der Waals surface area (Å²) in [4.78, 5) is 10.2. The van der Waals surface area contributed by atoms with Crippen molar-refractivity contribution < 1.29 is 4.79 Å². The second kappa shape index (κ2) is 2.82. The number of aromatic nitrogens is 3. The number of nitrogens with two attached hydrogens (primary N) is 2. The zero-order chi connectivity index (χ0) is 8.27. The Morgan fingerprint density at radius 2 is 2.27 bits per heavy atom. The number of nitrogens with zero attached hydrogens (tertiary/aromatic N) is 2. The number of primary amides is 1. The first-order chi connectivity index (χ1) is 5.20. The maximum atomic E-state index is 10.2. The van der Waals surface area contributed by atoms with Gasteiger partial charge in [-0.3, -0.25) is 4.79 Å². The molecule has 0 aliphatic carbocycles. The van der Waals surface area contributed by atoms with Crippen LogP contribution < -0.4 is 11.5 Å². The minimum absolute atomic E-state index is 0.238. The van der Waals surface area contributed by atoms with Crippen molar-refractivity contribution in [3.05, 3.63) is 11.8 Å². The van der Waals surface area contributed by atoms with E-state index in [4.69, 9.17) is 11.5 Å². The van der Waals surface area contributed by atoms with Crippen LogP contribution >= 0.6 is 0 Å². The molecule has 1 heterocycles. The molecule has 0 aromatic carbocycles. The van der Waals surface area contributed by atoms with Gasteiger partial charge in [0.05, 0.1) is 0 Å². The highest BCUT2D eigenvalue weighted by Gasteiger charge is 1.97. The van der Waals surface area contributed by atoms with E-state index in [2.05, 4.69) is 15.4 Å². The summed E-state index contributed by atoms with van der Waals surface area (Å²) in [5, 5.41) is 9.46. The van der Waals surface area contributed by atoms with E-state index in [9.17, 15) is 4.79 Å². The number of hydrogen-bond donors (Lipinski definition) is 3. The standard InChI is InChI=1S/C5H7N5O/c6-4(11)2-1-3-5(7)9-10-8-3/h1-2H,(H2,6,11)(H3,7,8,9,10). The summed E-state index contributed by atoms with van der Waals surface area (Å²) in [6.07, 6.45) is 2.55. The number of H-pyrrole nitrogens is 1. The molecule has 0 saturated carbocycles. The molecule has 5 N–H and O–H groups in total. The number of amides is 1. The third-order valence-corrected chi connectivity index (χ3v) is 1.01. The lowest BCUT2D eigenvalue weighted by Crippen LogP contribution is -2.05. The Kier molecular flexibility index (Phi) is 1.86. The molecule has 1 aromatic rings. The number of hydrogen-bond acceptors (Lipinski definition) is 4. The summed E-state index contributed by atoms with van der Waals surface area (Å²) in [6, 6.07) is 0. The third kappa shape index (κ3) is 1.78. The zero-order valence-electron chi connectivity index (χ0n) is 5.61. The molecule has 1 amide bonds. The van der Waals surface area contributed by atoms with Crippen LogP contribution in [0.15, 0.2) is 6.08 Å². The van der Waals surface area contributed by atoms with E-state index < -0.39 is 5.91 Å². The van der Waals surface area contributed by atoms with Gasteiger partial charge < -0.3 is 11.5 Å². The first-order valence-electron chi connectivity index (χ1n) is 2.84. The molecule has 0 atom stereocenters. The molecule has 1 rings (SSSR count). The van der Waals surface area contributed by atoms with E-state index in [1.165, 1.54) is 6.08 Å². The van der Waals surface area contributed by atoms with E-state index in [1.54, 1.807) is 0 Å². The molecule has 0 aliphatic heterocycles. The lowest BCUT2D eigenvalue weighted by Gasteiger charge is -1.82. The van der Waals surface area contributed by atoms with Crippen LogP contribution in [0, 0.1) is 0 Å². The number of nitrogens with one attached hydrogen (secondary N) is 1. The average Bonchev–Trinajstić information content (AvgIpc) is 2.31. The Morgan fingerprint density at radius 3 is 2.73 bits per heavy atom. The normalized spacial score (nSPS) is 10.5. The largest absolute Gasteiger partial charge is 0.380 e. The highest BCUT2D eigenvalue weighted by Crippen LogP contribution is 2.03. The summed E-state index contributed by atoms with van der Waals surface area (Å²) in [5.74, 6) is -0.310. The van der Waals surface area contributed by atoms with Gasteiger partial charge >= 0.3 is 0 Å². The van der Waals surface area contributed by atoms with Crippen molar-refractivity contribution in [1.29, 1.82) is 0 Å². The minimum atomic E-state index is -0.549. The van der Waals surface area contributed by atoms with Crippen LogP contribution in [0.3, 0.4) is 0 Å².